The Balaban J connectivity index is 0.00000320. The number of hydrogen-bond acceptors (Lipinski definition) is 5. The Morgan fingerprint density at radius 1 is 1.30 bits per heavy atom. The van der Waals surface area contributed by atoms with Crippen molar-refractivity contribution in [1.82, 2.24) is 20.4 Å². The molecule has 1 saturated heterocycles. The number of aliphatic imine (C=N–C) groups is 1. The molecule has 2 aromatic rings. The van der Waals surface area contributed by atoms with E-state index in [1.165, 1.54) is 0 Å². The van der Waals surface area contributed by atoms with E-state index in [2.05, 4.69) is 20.7 Å². The quantitative estimate of drug-likeness (QED) is 0.263. The summed E-state index contributed by atoms with van der Waals surface area (Å²) in [6.07, 6.45) is 3.61. The van der Waals surface area contributed by atoms with Gasteiger partial charge < -0.3 is 25.2 Å². The lowest BCUT2D eigenvalue weighted by atomic mass is 9.84. The number of hydrogen-bond donors (Lipinski definition) is 3. The molecule has 0 aliphatic carbocycles. The second-order valence-electron chi connectivity index (χ2n) is 7.27. The zero-order valence-corrected chi connectivity index (χ0v) is 20.0. The number of nitrogens with zero attached hydrogens (tertiary/aromatic N) is 3. The van der Waals surface area contributed by atoms with Crippen LogP contribution < -0.4 is 15.4 Å². The molecule has 1 fully saturated rings. The molecule has 9 heteroatoms. The van der Waals surface area contributed by atoms with Gasteiger partial charge in [0.2, 0.25) is 0 Å². The Morgan fingerprint density at radius 3 is 2.73 bits per heavy atom. The molecule has 1 unspecified atom stereocenters. The van der Waals surface area contributed by atoms with E-state index in [0.29, 0.717) is 13.2 Å². The van der Waals surface area contributed by atoms with Gasteiger partial charge in [-0.3, -0.25) is 0 Å². The van der Waals surface area contributed by atoms with Crippen LogP contribution in [0.25, 0.3) is 5.69 Å². The molecular formula is C21H32IN5O3. The van der Waals surface area contributed by atoms with Crippen LogP contribution in [0.4, 0.5) is 0 Å². The average molecular weight is 529 g/mol. The van der Waals surface area contributed by atoms with Crippen LogP contribution in [0.5, 0.6) is 5.75 Å². The molecule has 2 heterocycles. The Kier molecular flexibility index (Phi) is 9.86. The van der Waals surface area contributed by atoms with Gasteiger partial charge in [0.1, 0.15) is 5.75 Å². The third kappa shape index (κ3) is 6.58. The molecular weight excluding hydrogens is 497 g/mol. The lowest BCUT2D eigenvalue weighted by molar-refractivity contribution is 0.127. The van der Waals surface area contributed by atoms with Gasteiger partial charge in [-0.15, -0.1) is 24.0 Å². The topological polar surface area (TPSA) is 92.9 Å². The SMILES string of the molecule is CCNC(=NCc1ccn(-c2ccc(OC)cc2)n1)NCC1(CCO)CCOC1.I. The summed E-state index contributed by atoms with van der Waals surface area (Å²) in [5, 5.41) is 20.7. The smallest absolute Gasteiger partial charge is 0.191 e. The molecule has 1 atom stereocenters. The van der Waals surface area contributed by atoms with Crippen LogP contribution >= 0.6 is 24.0 Å². The molecule has 0 amide bonds. The predicted molar refractivity (Wildman–Crippen MR) is 128 cm³/mol. The van der Waals surface area contributed by atoms with Gasteiger partial charge in [0.05, 0.1) is 31.6 Å². The molecule has 1 aromatic carbocycles. The van der Waals surface area contributed by atoms with Crippen LogP contribution in [0.2, 0.25) is 0 Å². The molecule has 30 heavy (non-hydrogen) atoms. The first kappa shape index (κ1) is 24.4. The molecule has 1 aromatic heterocycles. The fourth-order valence-electron chi connectivity index (χ4n) is 3.41. The fourth-order valence-corrected chi connectivity index (χ4v) is 3.41. The van der Waals surface area contributed by atoms with Gasteiger partial charge in [-0.1, -0.05) is 0 Å². The van der Waals surface area contributed by atoms with Crippen molar-refractivity contribution in [3.63, 3.8) is 0 Å². The van der Waals surface area contributed by atoms with Crippen molar-refractivity contribution in [2.45, 2.75) is 26.3 Å². The Morgan fingerprint density at radius 2 is 2.10 bits per heavy atom. The summed E-state index contributed by atoms with van der Waals surface area (Å²) in [5.74, 6) is 1.56. The van der Waals surface area contributed by atoms with Crippen molar-refractivity contribution in [3.8, 4) is 11.4 Å². The van der Waals surface area contributed by atoms with E-state index < -0.39 is 0 Å². The Hall–Kier alpha value is -1.85. The maximum absolute atomic E-state index is 9.39. The molecule has 0 bridgehead atoms. The summed E-state index contributed by atoms with van der Waals surface area (Å²) in [6, 6.07) is 9.73. The monoisotopic (exact) mass is 529 g/mol. The fraction of sp³-hybridized carbons (Fsp3) is 0.524. The van der Waals surface area contributed by atoms with Crippen LogP contribution in [0.15, 0.2) is 41.5 Å². The maximum atomic E-state index is 9.39. The number of rotatable bonds is 9. The zero-order chi connectivity index (χ0) is 20.5. The molecule has 0 spiro atoms. The second kappa shape index (κ2) is 12.1. The number of nitrogens with one attached hydrogen (secondary N) is 2. The summed E-state index contributed by atoms with van der Waals surface area (Å²) in [6.45, 7) is 5.60. The van der Waals surface area contributed by atoms with Crippen molar-refractivity contribution in [1.29, 1.82) is 0 Å². The van der Waals surface area contributed by atoms with Crippen molar-refractivity contribution in [2.24, 2.45) is 10.4 Å². The van der Waals surface area contributed by atoms with E-state index in [-0.39, 0.29) is 36.0 Å². The molecule has 166 valence electrons. The minimum Gasteiger partial charge on any atom is -0.497 e. The third-order valence-electron chi connectivity index (χ3n) is 5.18. The summed E-state index contributed by atoms with van der Waals surface area (Å²) >= 11 is 0. The summed E-state index contributed by atoms with van der Waals surface area (Å²) in [4.78, 5) is 4.67. The van der Waals surface area contributed by atoms with Gasteiger partial charge in [-0.25, -0.2) is 9.67 Å². The van der Waals surface area contributed by atoms with Crippen LogP contribution in [0.1, 0.15) is 25.5 Å². The highest BCUT2D eigenvalue weighted by Crippen LogP contribution is 2.31. The number of benzene rings is 1. The molecule has 3 rings (SSSR count). The van der Waals surface area contributed by atoms with Crippen molar-refractivity contribution in [3.05, 3.63) is 42.2 Å². The molecule has 1 aliphatic rings. The van der Waals surface area contributed by atoms with Crippen LogP contribution in [0, 0.1) is 5.41 Å². The van der Waals surface area contributed by atoms with E-state index >= 15 is 0 Å². The van der Waals surface area contributed by atoms with E-state index in [4.69, 9.17) is 9.47 Å². The van der Waals surface area contributed by atoms with Crippen molar-refractivity contribution in [2.75, 3.05) is 40.0 Å². The lowest BCUT2D eigenvalue weighted by Gasteiger charge is -2.27. The number of aliphatic hydroxyl groups excluding tert-OH is 1. The second-order valence-corrected chi connectivity index (χ2v) is 7.27. The Labute approximate surface area is 195 Å². The van der Waals surface area contributed by atoms with Gasteiger partial charge in [0, 0.05) is 37.9 Å². The van der Waals surface area contributed by atoms with E-state index in [9.17, 15) is 5.11 Å². The first-order valence-electron chi connectivity index (χ1n) is 10.1. The normalized spacial score (nSPS) is 18.7. The van der Waals surface area contributed by atoms with Gasteiger partial charge in [-0.2, -0.15) is 5.10 Å². The largest absolute Gasteiger partial charge is 0.497 e. The van der Waals surface area contributed by atoms with E-state index in [0.717, 1.165) is 55.6 Å². The van der Waals surface area contributed by atoms with Crippen LogP contribution in [-0.2, 0) is 11.3 Å². The molecule has 1 aliphatic heterocycles. The number of ether oxygens (including phenoxy) is 2. The van der Waals surface area contributed by atoms with Crippen molar-refractivity contribution < 1.29 is 14.6 Å². The number of halogens is 1. The van der Waals surface area contributed by atoms with E-state index in [1.54, 1.807) is 7.11 Å². The van der Waals surface area contributed by atoms with Gasteiger partial charge >= 0.3 is 0 Å². The summed E-state index contributed by atoms with van der Waals surface area (Å²) < 4.78 is 12.6. The first-order valence-corrected chi connectivity index (χ1v) is 10.1. The highest BCUT2D eigenvalue weighted by Gasteiger charge is 2.34. The van der Waals surface area contributed by atoms with E-state index in [1.807, 2.05) is 48.1 Å². The number of methoxy groups -OCH3 is 1. The lowest BCUT2D eigenvalue weighted by Crippen LogP contribution is -2.44. The molecule has 0 radical (unpaired) electrons. The standard InChI is InChI=1S/C21H31N5O3.HI/c1-3-22-20(24-15-21(9-12-27)10-13-29-16-21)23-14-17-8-11-26(25-17)18-4-6-19(28-2)7-5-18;/h4-8,11,27H,3,9-10,12-16H2,1-2H3,(H2,22,23,24);1H. The first-order chi connectivity index (χ1) is 14.2. The number of aromatic nitrogens is 2. The minimum atomic E-state index is -0.0269. The van der Waals surface area contributed by atoms with Gasteiger partial charge in [-0.05, 0) is 50.1 Å². The predicted octanol–water partition coefficient (Wildman–Crippen LogP) is 2.34. The van der Waals surface area contributed by atoms with Gasteiger partial charge in [0.15, 0.2) is 5.96 Å². The average Bonchev–Trinajstić information content (AvgIpc) is 3.41. The minimum absolute atomic E-state index is 0. The van der Waals surface area contributed by atoms with Crippen LogP contribution in [-0.4, -0.2) is 60.9 Å². The molecule has 0 saturated carbocycles. The zero-order valence-electron chi connectivity index (χ0n) is 17.6. The maximum Gasteiger partial charge on any atom is 0.191 e. The van der Waals surface area contributed by atoms with Crippen LogP contribution in [0.3, 0.4) is 0 Å². The highest BCUT2D eigenvalue weighted by atomic mass is 127. The van der Waals surface area contributed by atoms with Gasteiger partial charge in [0.25, 0.3) is 0 Å². The number of guanidine groups is 1. The number of aliphatic hydroxyl groups is 1. The summed E-state index contributed by atoms with van der Waals surface area (Å²) in [5.41, 5.74) is 1.83. The summed E-state index contributed by atoms with van der Waals surface area (Å²) in [7, 11) is 1.65. The molecule has 3 N–H and O–H groups in total. The molecule has 8 nitrogen and oxygen atoms in total. The Bertz CT molecular complexity index is 788. The highest BCUT2D eigenvalue weighted by molar-refractivity contribution is 14.0. The third-order valence-corrected chi connectivity index (χ3v) is 5.18. The van der Waals surface area contributed by atoms with Crippen molar-refractivity contribution >= 4 is 29.9 Å².